The van der Waals surface area contributed by atoms with Gasteiger partial charge in [0.25, 0.3) is 11.8 Å². The van der Waals surface area contributed by atoms with E-state index in [4.69, 9.17) is 12.2 Å². The molecule has 0 aliphatic carbocycles. The maximum absolute atomic E-state index is 12.6. The van der Waals surface area contributed by atoms with Crippen molar-refractivity contribution in [2.75, 3.05) is 6.54 Å². The second-order valence-electron chi connectivity index (χ2n) is 5.58. The summed E-state index contributed by atoms with van der Waals surface area (Å²) in [6, 6.07) is 10.1. The van der Waals surface area contributed by atoms with Gasteiger partial charge in [0.05, 0.1) is 5.56 Å². The van der Waals surface area contributed by atoms with E-state index in [2.05, 4.69) is 11.9 Å². The molecule has 6 nitrogen and oxygen atoms in total. The van der Waals surface area contributed by atoms with Crippen LogP contribution in [0.15, 0.2) is 54.6 Å². The lowest BCUT2D eigenvalue weighted by Crippen LogP contribution is -2.53. The molecule has 1 heterocycles. The molecule has 2 amide bonds. The zero-order valence-corrected chi connectivity index (χ0v) is 14.4. The van der Waals surface area contributed by atoms with Crippen LogP contribution in [-0.4, -0.2) is 39.4 Å². The first-order chi connectivity index (χ1) is 12.4. The fourth-order valence-electron chi connectivity index (χ4n) is 2.81. The molecule has 0 unspecified atom stereocenters. The quantitative estimate of drug-likeness (QED) is 0.375. The van der Waals surface area contributed by atoms with Gasteiger partial charge in [0.15, 0.2) is 5.11 Å². The lowest BCUT2D eigenvalue weighted by atomic mass is 9.97. The Hall–Kier alpha value is -3.32. The number of rotatable bonds is 4. The molecule has 130 valence electrons. The third-order valence-electron chi connectivity index (χ3n) is 3.96. The predicted octanol–water partition coefficient (Wildman–Crippen LogP) is 2.35. The van der Waals surface area contributed by atoms with Gasteiger partial charge in [-0.3, -0.25) is 19.8 Å². The topological polar surface area (TPSA) is 86.7 Å². The van der Waals surface area contributed by atoms with Crippen molar-refractivity contribution in [3.8, 4) is 0 Å². The highest BCUT2D eigenvalue weighted by atomic mass is 32.1. The van der Waals surface area contributed by atoms with Crippen molar-refractivity contribution in [1.82, 2.24) is 10.2 Å². The van der Waals surface area contributed by atoms with E-state index in [9.17, 15) is 19.5 Å². The Labute approximate surface area is 154 Å². The van der Waals surface area contributed by atoms with Crippen LogP contribution in [0.2, 0.25) is 0 Å². The molecular formula is C19H14N2O4S. The largest absolute Gasteiger partial charge is 0.478 e. The average Bonchev–Trinajstić information content (AvgIpc) is 2.61. The van der Waals surface area contributed by atoms with Gasteiger partial charge in [-0.25, -0.2) is 4.79 Å². The minimum Gasteiger partial charge on any atom is -0.478 e. The van der Waals surface area contributed by atoms with Gasteiger partial charge in [-0.05, 0) is 35.3 Å². The number of nitrogens with zero attached hydrogens (tertiary/aromatic N) is 1. The summed E-state index contributed by atoms with van der Waals surface area (Å²) in [5.41, 5.74) is 0.440. The molecule has 7 heteroatoms. The van der Waals surface area contributed by atoms with Gasteiger partial charge in [0.2, 0.25) is 0 Å². The van der Waals surface area contributed by atoms with Crippen molar-refractivity contribution >= 4 is 52.0 Å². The summed E-state index contributed by atoms with van der Waals surface area (Å²) < 4.78 is 0. The van der Waals surface area contributed by atoms with Crippen LogP contribution >= 0.6 is 12.2 Å². The number of benzene rings is 2. The first-order valence-electron chi connectivity index (χ1n) is 7.69. The van der Waals surface area contributed by atoms with Gasteiger partial charge >= 0.3 is 5.97 Å². The summed E-state index contributed by atoms with van der Waals surface area (Å²) in [6.45, 7) is 3.73. The molecule has 0 spiro atoms. The molecule has 2 aromatic rings. The zero-order valence-electron chi connectivity index (χ0n) is 13.6. The van der Waals surface area contributed by atoms with Gasteiger partial charge in [-0.2, -0.15) is 0 Å². The molecule has 0 aromatic heterocycles. The van der Waals surface area contributed by atoms with Gasteiger partial charge < -0.3 is 5.11 Å². The molecular weight excluding hydrogens is 352 g/mol. The zero-order chi connectivity index (χ0) is 18.8. The van der Waals surface area contributed by atoms with E-state index in [0.717, 1.165) is 0 Å². The monoisotopic (exact) mass is 366 g/mol. The van der Waals surface area contributed by atoms with Gasteiger partial charge in [0, 0.05) is 11.9 Å². The highest BCUT2D eigenvalue weighted by Gasteiger charge is 2.32. The first kappa shape index (κ1) is 17.5. The van der Waals surface area contributed by atoms with Crippen molar-refractivity contribution in [2.24, 2.45) is 0 Å². The van der Waals surface area contributed by atoms with E-state index in [1.807, 2.05) is 0 Å². The minimum atomic E-state index is -1.09. The number of thiocarbonyl (C=S) groups is 1. The summed E-state index contributed by atoms with van der Waals surface area (Å²) in [5.74, 6) is -2.26. The minimum absolute atomic E-state index is 0.0150. The summed E-state index contributed by atoms with van der Waals surface area (Å²) >= 11 is 5.02. The summed E-state index contributed by atoms with van der Waals surface area (Å²) in [4.78, 5) is 37.7. The number of carboxylic acids is 1. The maximum atomic E-state index is 12.6. The third kappa shape index (κ3) is 3.00. The predicted molar refractivity (Wildman–Crippen MR) is 102 cm³/mol. The van der Waals surface area contributed by atoms with Crippen LogP contribution in [0.25, 0.3) is 16.8 Å². The maximum Gasteiger partial charge on any atom is 0.336 e. The second-order valence-corrected chi connectivity index (χ2v) is 5.96. The van der Waals surface area contributed by atoms with Crippen LogP contribution < -0.4 is 5.32 Å². The molecule has 0 atom stereocenters. The van der Waals surface area contributed by atoms with Crippen molar-refractivity contribution in [2.45, 2.75) is 0 Å². The standard InChI is InChI=1S/C19H14N2O4S/c1-2-9-21-17(23)14(16(22)20-19(21)26)10-12-7-3-5-11-6-4-8-13(15(11)12)18(24)25/h2-8,10H,1,9H2,(H,24,25)(H,20,22,26). The molecule has 2 N–H and O–H groups in total. The molecule has 0 bridgehead atoms. The molecule has 0 radical (unpaired) electrons. The number of carboxylic acid groups (broad SMARTS) is 1. The van der Waals surface area contributed by atoms with Crippen LogP contribution in [-0.2, 0) is 9.59 Å². The van der Waals surface area contributed by atoms with E-state index >= 15 is 0 Å². The molecule has 3 rings (SSSR count). The number of nitrogens with one attached hydrogen (secondary N) is 1. The van der Waals surface area contributed by atoms with E-state index in [1.54, 1.807) is 30.3 Å². The van der Waals surface area contributed by atoms with Gasteiger partial charge in [-0.15, -0.1) is 6.58 Å². The Morgan fingerprint density at radius 3 is 2.58 bits per heavy atom. The van der Waals surface area contributed by atoms with E-state index in [0.29, 0.717) is 16.3 Å². The van der Waals surface area contributed by atoms with Crippen molar-refractivity contribution in [3.63, 3.8) is 0 Å². The number of carbonyl (C=O) groups is 3. The van der Waals surface area contributed by atoms with Crippen LogP contribution in [0.5, 0.6) is 0 Å². The molecule has 1 aliphatic heterocycles. The SMILES string of the molecule is C=CCN1C(=O)C(=Cc2cccc3cccc(C(=O)O)c23)C(=O)NC1=S. The second kappa shape index (κ2) is 6.89. The normalized spacial score (nSPS) is 16.1. The fraction of sp³-hybridized carbons (Fsp3) is 0.0526. The summed E-state index contributed by atoms with van der Waals surface area (Å²) in [5, 5.41) is 13.1. The molecule has 26 heavy (non-hydrogen) atoms. The Morgan fingerprint density at radius 2 is 1.92 bits per heavy atom. The number of fused-ring (bicyclic) bond motifs is 1. The third-order valence-corrected chi connectivity index (χ3v) is 4.29. The van der Waals surface area contributed by atoms with E-state index in [1.165, 1.54) is 23.1 Å². The van der Waals surface area contributed by atoms with Crippen molar-refractivity contribution in [3.05, 3.63) is 65.8 Å². The Morgan fingerprint density at radius 1 is 1.23 bits per heavy atom. The fourth-order valence-corrected chi connectivity index (χ4v) is 3.06. The van der Waals surface area contributed by atoms with Crippen LogP contribution in [0.3, 0.4) is 0 Å². The molecule has 2 aromatic carbocycles. The summed E-state index contributed by atoms with van der Waals surface area (Å²) in [6.07, 6.45) is 2.89. The Balaban J connectivity index is 2.19. The highest BCUT2D eigenvalue weighted by Crippen LogP contribution is 2.26. The molecule has 1 saturated heterocycles. The first-order valence-corrected chi connectivity index (χ1v) is 8.09. The lowest BCUT2D eigenvalue weighted by Gasteiger charge is -2.27. The molecule has 1 fully saturated rings. The van der Waals surface area contributed by atoms with Gasteiger partial charge in [0.1, 0.15) is 5.57 Å². The lowest BCUT2D eigenvalue weighted by molar-refractivity contribution is -0.128. The van der Waals surface area contributed by atoms with Crippen molar-refractivity contribution in [1.29, 1.82) is 0 Å². The van der Waals surface area contributed by atoms with Crippen LogP contribution in [0.1, 0.15) is 15.9 Å². The van der Waals surface area contributed by atoms with Crippen LogP contribution in [0, 0.1) is 0 Å². The number of carbonyl (C=O) groups excluding carboxylic acids is 2. The summed E-state index contributed by atoms with van der Waals surface area (Å²) in [7, 11) is 0. The highest BCUT2D eigenvalue weighted by molar-refractivity contribution is 7.80. The van der Waals surface area contributed by atoms with Crippen molar-refractivity contribution < 1.29 is 19.5 Å². The smallest absolute Gasteiger partial charge is 0.336 e. The number of hydrogen-bond acceptors (Lipinski definition) is 4. The Bertz CT molecular complexity index is 1000. The number of hydrogen-bond donors (Lipinski definition) is 2. The van der Waals surface area contributed by atoms with E-state index in [-0.39, 0.29) is 22.8 Å². The number of amides is 2. The molecule has 1 aliphatic rings. The average molecular weight is 366 g/mol. The van der Waals surface area contributed by atoms with E-state index < -0.39 is 17.8 Å². The van der Waals surface area contributed by atoms with Gasteiger partial charge in [-0.1, -0.05) is 36.4 Å². The molecule has 0 saturated carbocycles. The Kier molecular flexibility index (Phi) is 4.64. The van der Waals surface area contributed by atoms with Crippen LogP contribution in [0.4, 0.5) is 0 Å². The number of aromatic carboxylic acids is 1.